The van der Waals surface area contributed by atoms with E-state index in [4.69, 9.17) is 9.47 Å². The average molecular weight is 432 g/mol. The smallest absolute Gasteiger partial charge is 0.180 e. The molecule has 0 saturated heterocycles. The maximum absolute atomic E-state index is 13.3. The Morgan fingerprint density at radius 2 is 2.03 bits per heavy atom. The second-order valence-electron chi connectivity index (χ2n) is 7.40. The van der Waals surface area contributed by atoms with Gasteiger partial charge in [-0.05, 0) is 48.4 Å². The van der Waals surface area contributed by atoms with Gasteiger partial charge in [-0.15, -0.1) is 0 Å². The molecule has 1 aromatic carbocycles. The van der Waals surface area contributed by atoms with Crippen LogP contribution in [0.15, 0.2) is 49.1 Å². The van der Waals surface area contributed by atoms with E-state index in [0.717, 1.165) is 16.8 Å². The van der Waals surface area contributed by atoms with E-state index in [-0.39, 0.29) is 11.9 Å². The van der Waals surface area contributed by atoms with Crippen LogP contribution in [0.1, 0.15) is 34.6 Å². The zero-order valence-electron chi connectivity index (χ0n) is 17.6. The van der Waals surface area contributed by atoms with Crippen LogP contribution in [0.25, 0.3) is 18.0 Å². The molecule has 1 aliphatic heterocycles. The lowest BCUT2D eigenvalue weighted by Gasteiger charge is -2.23. The topological polar surface area (TPSA) is 79.9 Å². The first-order valence-corrected chi connectivity index (χ1v) is 10.2. The fourth-order valence-electron chi connectivity index (χ4n) is 3.61. The fraction of sp³-hybridized carbons (Fsp3) is 0.217. The van der Waals surface area contributed by atoms with Gasteiger partial charge in [0.15, 0.2) is 23.2 Å². The number of rotatable bonds is 5. The minimum absolute atomic E-state index is 0.284. The number of hydrogen-bond acceptors (Lipinski definition) is 6. The molecule has 1 unspecified atom stereocenters. The van der Waals surface area contributed by atoms with Crippen molar-refractivity contribution in [2.45, 2.75) is 19.6 Å². The van der Waals surface area contributed by atoms with Crippen LogP contribution in [0.5, 0.6) is 5.75 Å². The van der Waals surface area contributed by atoms with Gasteiger partial charge < -0.3 is 9.47 Å². The number of halogens is 1. The second kappa shape index (κ2) is 8.35. The predicted octanol–water partition coefficient (Wildman–Crippen LogP) is 3.60. The molecule has 8 nitrogen and oxygen atoms in total. The number of aryl methyl sites for hydroxylation is 1. The quantitative estimate of drug-likeness (QED) is 0.479. The molecule has 0 aliphatic carbocycles. The van der Waals surface area contributed by atoms with Crippen molar-refractivity contribution in [3.05, 3.63) is 83.3 Å². The van der Waals surface area contributed by atoms with Gasteiger partial charge in [0.2, 0.25) is 0 Å². The SMILES string of the molecule is COc1cc(/C=C/c2nc3n(n2)CCOC3c2ccc(F)cc2)cnc1-n1cnc(C)c1. The lowest BCUT2D eigenvalue weighted by molar-refractivity contribution is 0.0389. The van der Waals surface area contributed by atoms with E-state index in [1.54, 1.807) is 31.8 Å². The van der Waals surface area contributed by atoms with E-state index in [9.17, 15) is 4.39 Å². The van der Waals surface area contributed by atoms with E-state index in [1.165, 1.54) is 12.1 Å². The number of nitrogens with zero attached hydrogens (tertiary/aromatic N) is 6. The van der Waals surface area contributed by atoms with Crippen LogP contribution in [0.3, 0.4) is 0 Å². The van der Waals surface area contributed by atoms with Crippen LogP contribution < -0.4 is 4.74 Å². The molecule has 0 bridgehead atoms. The third kappa shape index (κ3) is 3.90. The number of benzene rings is 1. The van der Waals surface area contributed by atoms with Gasteiger partial charge in [-0.3, -0.25) is 4.57 Å². The number of imidazole rings is 1. The maximum atomic E-state index is 13.3. The summed E-state index contributed by atoms with van der Waals surface area (Å²) in [4.78, 5) is 13.4. The Morgan fingerprint density at radius 3 is 2.78 bits per heavy atom. The van der Waals surface area contributed by atoms with Gasteiger partial charge in [0.25, 0.3) is 0 Å². The highest BCUT2D eigenvalue weighted by atomic mass is 19.1. The minimum Gasteiger partial charge on any atom is -0.493 e. The molecule has 0 saturated carbocycles. The summed E-state index contributed by atoms with van der Waals surface area (Å²) in [5, 5.41) is 4.57. The zero-order chi connectivity index (χ0) is 22.1. The Bertz CT molecular complexity index is 1280. The number of aromatic nitrogens is 6. The highest BCUT2D eigenvalue weighted by molar-refractivity contribution is 5.67. The molecular weight excluding hydrogens is 411 g/mol. The molecule has 162 valence electrons. The van der Waals surface area contributed by atoms with Crippen LogP contribution in [0.4, 0.5) is 4.39 Å². The molecule has 1 aliphatic rings. The van der Waals surface area contributed by atoms with Gasteiger partial charge in [-0.2, -0.15) is 5.10 Å². The van der Waals surface area contributed by atoms with Crippen LogP contribution in [0, 0.1) is 12.7 Å². The van der Waals surface area contributed by atoms with Crippen molar-refractivity contribution in [3.63, 3.8) is 0 Å². The van der Waals surface area contributed by atoms with Crippen molar-refractivity contribution in [3.8, 4) is 11.6 Å². The third-order valence-corrected chi connectivity index (χ3v) is 5.17. The maximum Gasteiger partial charge on any atom is 0.180 e. The molecule has 5 rings (SSSR count). The van der Waals surface area contributed by atoms with Crippen LogP contribution in [0.2, 0.25) is 0 Å². The van der Waals surface area contributed by atoms with Gasteiger partial charge in [0.1, 0.15) is 18.2 Å². The first kappa shape index (κ1) is 20.1. The number of fused-ring (bicyclic) bond motifs is 1. The van der Waals surface area contributed by atoms with Crippen LogP contribution in [-0.4, -0.2) is 43.0 Å². The molecule has 9 heteroatoms. The summed E-state index contributed by atoms with van der Waals surface area (Å²) in [7, 11) is 1.61. The molecule has 0 radical (unpaired) electrons. The van der Waals surface area contributed by atoms with Gasteiger partial charge in [-0.25, -0.2) is 24.0 Å². The summed E-state index contributed by atoms with van der Waals surface area (Å²) >= 11 is 0. The molecule has 4 heterocycles. The molecule has 4 aromatic rings. The minimum atomic E-state index is -0.376. The highest BCUT2D eigenvalue weighted by Gasteiger charge is 2.26. The Labute approximate surface area is 184 Å². The van der Waals surface area contributed by atoms with Gasteiger partial charge in [-0.1, -0.05) is 12.1 Å². The summed E-state index contributed by atoms with van der Waals surface area (Å²) in [5.41, 5.74) is 2.59. The molecule has 32 heavy (non-hydrogen) atoms. The number of ether oxygens (including phenoxy) is 2. The largest absolute Gasteiger partial charge is 0.493 e. The molecule has 0 spiro atoms. The number of hydrogen-bond donors (Lipinski definition) is 0. The van der Waals surface area contributed by atoms with E-state index in [0.29, 0.717) is 36.4 Å². The van der Waals surface area contributed by atoms with E-state index >= 15 is 0 Å². The van der Waals surface area contributed by atoms with Crippen LogP contribution in [-0.2, 0) is 11.3 Å². The average Bonchev–Trinajstić information content (AvgIpc) is 3.43. The van der Waals surface area contributed by atoms with Crippen molar-refractivity contribution in [2.24, 2.45) is 0 Å². The van der Waals surface area contributed by atoms with E-state index in [2.05, 4.69) is 20.1 Å². The van der Waals surface area contributed by atoms with Crippen molar-refractivity contribution >= 4 is 12.2 Å². The van der Waals surface area contributed by atoms with Crippen molar-refractivity contribution in [1.29, 1.82) is 0 Å². The molecule has 1 atom stereocenters. The molecule has 0 N–H and O–H groups in total. The van der Waals surface area contributed by atoms with Crippen LogP contribution >= 0.6 is 0 Å². The van der Waals surface area contributed by atoms with E-state index < -0.39 is 0 Å². The van der Waals surface area contributed by atoms with Crippen molar-refractivity contribution < 1.29 is 13.9 Å². The number of methoxy groups -OCH3 is 1. The lowest BCUT2D eigenvalue weighted by atomic mass is 10.1. The summed E-state index contributed by atoms with van der Waals surface area (Å²) in [6.07, 6.45) is 8.68. The third-order valence-electron chi connectivity index (χ3n) is 5.17. The fourth-order valence-corrected chi connectivity index (χ4v) is 3.61. The standard InChI is InChI=1S/C23H21FN6O2/c1-15-13-29(14-26-15)22-19(31-2)11-16(12-25-22)3-8-20-27-23-21(32-10-9-30(23)28-20)17-4-6-18(24)7-5-17/h3-8,11-14,21H,9-10H2,1-2H3/b8-3+. The first-order valence-electron chi connectivity index (χ1n) is 10.2. The van der Waals surface area contributed by atoms with Gasteiger partial charge >= 0.3 is 0 Å². The Balaban J connectivity index is 1.40. The van der Waals surface area contributed by atoms with E-state index in [1.807, 2.05) is 40.6 Å². The zero-order valence-corrected chi connectivity index (χ0v) is 17.6. The van der Waals surface area contributed by atoms with Crippen molar-refractivity contribution in [2.75, 3.05) is 13.7 Å². The highest BCUT2D eigenvalue weighted by Crippen LogP contribution is 2.28. The Morgan fingerprint density at radius 1 is 1.19 bits per heavy atom. The second-order valence-corrected chi connectivity index (χ2v) is 7.40. The first-order chi connectivity index (χ1) is 15.6. The van der Waals surface area contributed by atoms with Gasteiger partial charge in [0.05, 0.1) is 26.0 Å². The molecule has 3 aromatic heterocycles. The lowest BCUT2D eigenvalue weighted by Crippen LogP contribution is -2.23. The predicted molar refractivity (Wildman–Crippen MR) is 116 cm³/mol. The van der Waals surface area contributed by atoms with Crippen molar-refractivity contribution in [1.82, 2.24) is 29.3 Å². The Kier molecular flexibility index (Phi) is 5.24. The monoisotopic (exact) mass is 432 g/mol. The summed E-state index contributed by atoms with van der Waals surface area (Å²) in [5.74, 6) is 2.27. The Hall–Kier alpha value is -3.85. The van der Waals surface area contributed by atoms with Gasteiger partial charge in [0, 0.05) is 12.4 Å². The molecule has 0 fully saturated rings. The normalized spacial score (nSPS) is 15.8. The molecular formula is C23H21FN6O2. The number of pyridine rings is 1. The molecule has 0 amide bonds. The summed E-state index contributed by atoms with van der Waals surface area (Å²) < 4.78 is 28.4. The summed E-state index contributed by atoms with van der Waals surface area (Å²) in [6, 6.07) is 8.16. The summed E-state index contributed by atoms with van der Waals surface area (Å²) in [6.45, 7) is 3.04.